The summed E-state index contributed by atoms with van der Waals surface area (Å²) >= 11 is 0. The van der Waals surface area contributed by atoms with Crippen LogP contribution in [0.25, 0.3) is 0 Å². The average Bonchev–Trinajstić information content (AvgIpc) is 3.09. The topological polar surface area (TPSA) is 36.9 Å². The lowest BCUT2D eigenvalue weighted by Gasteiger charge is -2.39. The first-order valence-electron chi connectivity index (χ1n) is 22.5. The molecule has 0 amide bonds. The summed E-state index contributed by atoms with van der Waals surface area (Å²) in [5, 5.41) is 0. The van der Waals surface area contributed by atoms with Crippen molar-refractivity contribution in [2.75, 3.05) is 81.8 Å². The molecule has 0 aliphatic heterocycles. The Kier molecular flexibility index (Phi) is 30.8. The summed E-state index contributed by atoms with van der Waals surface area (Å²) in [7, 11) is 13.1. The van der Waals surface area contributed by atoms with Crippen LogP contribution >= 0.6 is 0 Å². The summed E-state index contributed by atoms with van der Waals surface area (Å²) in [4.78, 5) is 21.5. The Morgan fingerprint density at radius 2 is 0.846 bits per heavy atom. The number of unbranched alkanes of at least 4 members (excludes halogenated alkanes) is 17. The number of allylic oxidation sites excluding steroid dienone is 4. The summed E-state index contributed by atoms with van der Waals surface area (Å²) < 4.78 is 1.81. The fraction of sp³-hybridized carbons (Fsp3) is 0.913. The third kappa shape index (κ3) is 29.6. The number of rotatable bonds is 37. The number of nitrogens with zero attached hydrogens (tertiary/aromatic N) is 2. The Morgan fingerprint density at radius 1 is 0.442 bits per heavy atom. The minimum absolute atomic E-state index is 0.666. The highest BCUT2D eigenvalue weighted by Crippen LogP contribution is 2.43. The van der Waals surface area contributed by atoms with Crippen LogP contribution in [0.5, 0.6) is 0 Å². The molecule has 0 aromatic carbocycles. The van der Waals surface area contributed by atoms with Gasteiger partial charge in [0.2, 0.25) is 0 Å². The zero-order valence-corrected chi connectivity index (χ0v) is 36.4. The van der Waals surface area contributed by atoms with Crippen molar-refractivity contribution in [2.24, 2.45) is 23.7 Å². The summed E-state index contributed by atoms with van der Waals surface area (Å²) in [6.07, 6.45) is 42.5. The monoisotopic (exact) mass is 737 g/mol. The highest BCUT2D eigenvalue weighted by atomic mass is 17.2. The lowest BCUT2D eigenvalue weighted by molar-refractivity contribution is -0.871. The van der Waals surface area contributed by atoms with Crippen molar-refractivity contribution in [3.05, 3.63) is 24.3 Å². The van der Waals surface area contributed by atoms with E-state index in [1.807, 2.05) is 0 Å². The Hall–Kier alpha value is -0.760. The molecule has 0 bridgehead atoms. The first kappa shape index (κ1) is 49.3. The third-order valence-electron chi connectivity index (χ3n) is 11.0. The van der Waals surface area contributed by atoms with Gasteiger partial charge in [-0.15, -0.1) is 0 Å². The van der Waals surface area contributed by atoms with Crippen LogP contribution in [-0.4, -0.2) is 90.8 Å². The number of hydrogen-bond acceptors (Lipinski definition) is 4. The molecule has 52 heavy (non-hydrogen) atoms. The number of quaternary nitrogens is 2. The molecular formula is C46H92N2O4+2. The minimum atomic E-state index is 0.666. The van der Waals surface area contributed by atoms with Crippen molar-refractivity contribution < 1.29 is 28.5 Å². The van der Waals surface area contributed by atoms with E-state index in [4.69, 9.17) is 19.6 Å². The van der Waals surface area contributed by atoms with Gasteiger partial charge in [-0.3, -0.25) is 0 Å². The van der Waals surface area contributed by atoms with E-state index in [2.05, 4.69) is 80.4 Å². The fourth-order valence-corrected chi connectivity index (χ4v) is 7.55. The molecule has 1 rings (SSSR count). The predicted octanol–water partition coefficient (Wildman–Crippen LogP) is 12.3. The lowest BCUT2D eigenvalue weighted by atomic mass is 9.66. The van der Waals surface area contributed by atoms with Crippen molar-refractivity contribution in [1.29, 1.82) is 0 Å². The van der Waals surface area contributed by atoms with Gasteiger partial charge in [-0.25, -0.2) is 19.6 Å². The van der Waals surface area contributed by atoms with Crippen LogP contribution in [0.3, 0.4) is 0 Å². The SMILES string of the molecule is CCCCCCC1C=C[C@@H](CCCCCCCCOOCC[N+](C)(C)C)C(C=CCCCCCCCCOOCC[N+](C)(C)C)C1CCCCCC. The normalized spacial score (nSPS) is 19.7. The highest BCUT2D eigenvalue weighted by Gasteiger charge is 2.33. The Balaban J connectivity index is 2.52. The highest BCUT2D eigenvalue weighted by molar-refractivity contribution is 5.10. The quantitative estimate of drug-likeness (QED) is 0.0209. The predicted molar refractivity (Wildman–Crippen MR) is 224 cm³/mol. The van der Waals surface area contributed by atoms with Gasteiger partial charge in [0.1, 0.15) is 26.3 Å². The molecule has 0 radical (unpaired) electrons. The number of hydrogen-bond donors (Lipinski definition) is 0. The molecule has 0 aromatic heterocycles. The molecule has 6 heteroatoms. The van der Waals surface area contributed by atoms with Gasteiger partial charge in [0, 0.05) is 0 Å². The zero-order chi connectivity index (χ0) is 38.2. The van der Waals surface area contributed by atoms with E-state index in [0.29, 0.717) is 13.2 Å². The molecule has 1 aliphatic rings. The Bertz CT molecular complexity index is 833. The van der Waals surface area contributed by atoms with Gasteiger partial charge in [-0.05, 0) is 68.6 Å². The van der Waals surface area contributed by atoms with Gasteiger partial charge in [-0.2, -0.15) is 0 Å². The third-order valence-corrected chi connectivity index (χ3v) is 11.0. The van der Waals surface area contributed by atoms with Gasteiger partial charge in [0.25, 0.3) is 0 Å². The zero-order valence-electron chi connectivity index (χ0n) is 36.4. The molecule has 0 N–H and O–H groups in total. The maximum absolute atomic E-state index is 5.41. The van der Waals surface area contributed by atoms with Crippen molar-refractivity contribution in [2.45, 2.75) is 168 Å². The smallest absolute Gasteiger partial charge is 0.131 e. The Morgan fingerprint density at radius 3 is 1.37 bits per heavy atom. The second-order valence-electron chi connectivity index (χ2n) is 18.2. The summed E-state index contributed by atoms with van der Waals surface area (Å²) in [6.45, 7) is 9.40. The van der Waals surface area contributed by atoms with Crippen molar-refractivity contribution in [3.63, 3.8) is 0 Å². The summed E-state index contributed by atoms with van der Waals surface area (Å²) in [5.74, 6) is 3.04. The van der Waals surface area contributed by atoms with Crippen LogP contribution in [0, 0.1) is 23.7 Å². The maximum atomic E-state index is 5.41. The molecule has 0 saturated carbocycles. The van der Waals surface area contributed by atoms with Crippen molar-refractivity contribution in [1.82, 2.24) is 0 Å². The molecule has 6 nitrogen and oxygen atoms in total. The largest absolute Gasteiger partial charge is 0.329 e. The Labute approximate surface area is 325 Å². The fourth-order valence-electron chi connectivity index (χ4n) is 7.55. The van der Waals surface area contributed by atoms with E-state index in [1.54, 1.807) is 0 Å². The summed E-state index contributed by atoms with van der Waals surface area (Å²) in [5.41, 5.74) is 0. The van der Waals surface area contributed by atoms with Crippen molar-refractivity contribution >= 4 is 0 Å². The van der Waals surface area contributed by atoms with Crippen LogP contribution in [0.4, 0.5) is 0 Å². The molecule has 1 aliphatic carbocycles. The first-order chi connectivity index (χ1) is 25.1. The van der Waals surface area contributed by atoms with Crippen LogP contribution in [-0.2, 0) is 19.6 Å². The average molecular weight is 737 g/mol. The van der Waals surface area contributed by atoms with Crippen molar-refractivity contribution in [3.8, 4) is 0 Å². The van der Waals surface area contributed by atoms with E-state index in [0.717, 1.165) is 71.8 Å². The molecule has 0 heterocycles. The van der Waals surface area contributed by atoms with Gasteiger partial charge in [-0.1, -0.05) is 147 Å². The van der Waals surface area contributed by atoms with Gasteiger partial charge in [0.15, 0.2) is 0 Å². The molecular weight excluding hydrogens is 645 g/mol. The second kappa shape index (κ2) is 32.5. The first-order valence-corrected chi connectivity index (χ1v) is 22.5. The van der Waals surface area contributed by atoms with Crippen LogP contribution in [0.15, 0.2) is 24.3 Å². The van der Waals surface area contributed by atoms with E-state index in [1.165, 1.54) is 141 Å². The minimum Gasteiger partial charge on any atom is -0.329 e. The molecule has 0 spiro atoms. The van der Waals surface area contributed by atoms with Crippen LogP contribution in [0.1, 0.15) is 168 Å². The lowest BCUT2D eigenvalue weighted by Crippen LogP contribution is -2.37. The molecule has 308 valence electrons. The van der Waals surface area contributed by atoms with Crippen LogP contribution in [0.2, 0.25) is 0 Å². The van der Waals surface area contributed by atoms with E-state index < -0.39 is 0 Å². The van der Waals surface area contributed by atoms with E-state index in [9.17, 15) is 0 Å². The van der Waals surface area contributed by atoms with Gasteiger partial charge < -0.3 is 8.97 Å². The van der Waals surface area contributed by atoms with Crippen LogP contribution < -0.4 is 0 Å². The van der Waals surface area contributed by atoms with Gasteiger partial charge in [0.05, 0.1) is 55.5 Å². The van der Waals surface area contributed by atoms with E-state index in [-0.39, 0.29) is 0 Å². The molecule has 0 aromatic rings. The maximum Gasteiger partial charge on any atom is 0.131 e. The second-order valence-corrected chi connectivity index (χ2v) is 18.2. The van der Waals surface area contributed by atoms with E-state index >= 15 is 0 Å². The molecule has 0 saturated heterocycles. The van der Waals surface area contributed by atoms with Gasteiger partial charge >= 0.3 is 0 Å². The number of likely N-dealkylation sites (N-methyl/N-ethyl adjacent to an activating group) is 2. The standard InChI is InChI=1S/C46H92N2O4/c1-9-11-13-25-31-43-35-36-44(32-26-21-18-20-24-30-40-50-52-42-38-48(6,7)8)46(45(43)33-27-14-12-10-2)34-28-22-17-15-16-19-23-29-39-49-51-41-37-47(3,4)5/h28,34-36,43-46H,9-27,29-33,37-42H2,1-8H3/q+2/t43?,44-,45?,46?/m1/s1. The molecule has 0 fully saturated rings. The summed E-state index contributed by atoms with van der Waals surface area (Å²) in [6, 6.07) is 0. The molecule has 4 atom stereocenters. The molecule has 3 unspecified atom stereocenters.